The first kappa shape index (κ1) is 9.82. The van der Waals surface area contributed by atoms with Gasteiger partial charge < -0.3 is 5.73 Å². The smallest absolute Gasteiger partial charge is 0.212 e. The van der Waals surface area contributed by atoms with E-state index in [4.69, 9.17) is 22.5 Å². The molecular weight excluding hydrogens is 194 g/mol. The fraction of sp³-hybridized carbons (Fsp3) is 0.333. The summed E-state index contributed by atoms with van der Waals surface area (Å²) in [6, 6.07) is 0. The SMILES string of the molecule is NC(=NCCn1cc(Cl)cn1)NO. The Morgan fingerprint density at radius 2 is 2.62 bits per heavy atom. The van der Waals surface area contributed by atoms with Crippen LogP contribution in [0.1, 0.15) is 0 Å². The van der Waals surface area contributed by atoms with Gasteiger partial charge in [-0.2, -0.15) is 5.10 Å². The van der Waals surface area contributed by atoms with Gasteiger partial charge in [0.1, 0.15) is 0 Å². The lowest BCUT2D eigenvalue weighted by atomic mass is 10.6. The lowest BCUT2D eigenvalue weighted by Crippen LogP contribution is -2.28. The summed E-state index contributed by atoms with van der Waals surface area (Å²) in [5.74, 6) is -0.0155. The molecule has 0 saturated carbocycles. The molecule has 0 bridgehead atoms. The van der Waals surface area contributed by atoms with Crippen LogP contribution in [0.5, 0.6) is 0 Å². The van der Waals surface area contributed by atoms with Crippen molar-refractivity contribution in [2.75, 3.05) is 6.54 Å². The quantitative estimate of drug-likeness (QED) is 0.362. The van der Waals surface area contributed by atoms with Crippen LogP contribution in [0.4, 0.5) is 0 Å². The van der Waals surface area contributed by atoms with Crippen molar-refractivity contribution < 1.29 is 5.21 Å². The van der Waals surface area contributed by atoms with Gasteiger partial charge in [-0.15, -0.1) is 0 Å². The Labute approximate surface area is 80.0 Å². The number of hydrogen-bond donors (Lipinski definition) is 3. The number of guanidine groups is 1. The summed E-state index contributed by atoms with van der Waals surface area (Å²) in [5.41, 5.74) is 6.90. The second-order valence-corrected chi connectivity index (χ2v) is 2.74. The van der Waals surface area contributed by atoms with Gasteiger partial charge in [-0.05, 0) is 0 Å². The maximum atomic E-state index is 8.29. The van der Waals surface area contributed by atoms with Crippen molar-refractivity contribution in [3.05, 3.63) is 17.4 Å². The van der Waals surface area contributed by atoms with Crippen LogP contribution in [-0.2, 0) is 6.54 Å². The van der Waals surface area contributed by atoms with Crippen LogP contribution in [0.3, 0.4) is 0 Å². The van der Waals surface area contributed by atoms with E-state index in [9.17, 15) is 0 Å². The number of hydrogen-bond acceptors (Lipinski definition) is 3. The molecule has 0 spiro atoms. The van der Waals surface area contributed by atoms with Gasteiger partial charge in [-0.1, -0.05) is 11.6 Å². The van der Waals surface area contributed by atoms with Gasteiger partial charge in [0.2, 0.25) is 5.96 Å². The summed E-state index contributed by atoms with van der Waals surface area (Å²) >= 11 is 5.63. The molecule has 1 rings (SSSR count). The lowest BCUT2D eigenvalue weighted by molar-refractivity contribution is 0.232. The Kier molecular flexibility index (Phi) is 3.53. The largest absolute Gasteiger partial charge is 0.368 e. The Bertz CT molecular complexity index is 297. The molecule has 7 heteroatoms. The van der Waals surface area contributed by atoms with E-state index in [1.54, 1.807) is 22.6 Å². The Morgan fingerprint density at radius 3 is 3.15 bits per heavy atom. The molecule has 0 aromatic carbocycles. The standard InChI is InChI=1S/C6H10ClN5O/c7-5-3-10-12(4-5)2-1-9-6(8)11-13/h3-4,13H,1-2H2,(H3,8,9,11). The number of hydroxylamine groups is 1. The maximum absolute atomic E-state index is 8.29. The third-order valence-electron chi connectivity index (χ3n) is 1.33. The Balaban J connectivity index is 2.35. The summed E-state index contributed by atoms with van der Waals surface area (Å²) in [5, 5.41) is 12.8. The highest BCUT2D eigenvalue weighted by Gasteiger charge is 1.94. The van der Waals surface area contributed by atoms with Gasteiger partial charge in [0.05, 0.1) is 24.3 Å². The van der Waals surface area contributed by atoms with E-state index in [-0.39, 0.29) is 5.96 Å². The van der Waals surface area contributed by atoms with Crippen molar-refractivity contribution >= 4 is 17.6 Å². The van der Waals surface area contributed by atoms with Crippen LogP contribution in [0, 0.1) is 0 Å². The van der Waals surface area contributed by atoms with Crippen molar-refractivity contribution in [3.8, 4) is 0 Å². The number of nitrogens with one attached hydrogen (secondary N) is 1. The third-order valence-corrected chi connectivity index (χ3v) is 1.52. The summed E-state index contributed by atoms with van der Waals surface area (Å²) in [4.78, 5) is 3.78. The van der Waals surface area contributed by atoms with E-state index in [0.717, 1.165) is 0 Å². The second kappa shape index (κ2) is 4.68. The first-order chi connectivity index (χ1) is 6.22. The van der Waals surface area contributed by atoms with E-state index >= 15 is 0 Å². The molecular formula is C6H10ClN5O. The molecule has 72 valence electrons. The zero-order valence-corrected chi connectivity index (χ0v) is 7.57. The fourth-order valence-corrected chi connectivity index (χ4v) is 0.925. The highest BCUT2D eigenvalue weighted by molar-refractivity contribution is 6.30. The first-order valence-corrected chi connectivity index (χ1v) is 3.98. The predicted octanol–water partition coefficient (Wildman–Crippen LogP) is -0.170. The van der Waals surface area contributed by atoms with Crippen molar-refractivity contribution in [1.29, 1.82) is 0 Å². The lowest BCUT2D eigenvalue weighted by Gasteiger charge is -1.98. The Hall–Kier alpha value is -1.27. The molecule has 0 amide bonds. The summed E-state index contributed by atoms with van der Waals surface area (Å²) in [7, 11) is 0. The molecule has 13 heavy (non-hydrogen) atoms. The van der Waals surface area contributed by atoms with Crippen molar-refractivity contribution in [1.82, 2.24) is 15.3 Å². The van der Waals surface area contributed by atoms with Gasteiger partial charge in [-0.3, -0.25) is 9.89 Å². The monoisotopic (exact) mass is 203 g/mol. The number of nitrogens with two attached hydrogens (primary N) is 1. The van der Waals surface area contributed by atoms with E-state index in [0.29, 0.717) is 18.1 Å². The molecule has 0 aliphatic heterocycles. The first-order valence-electron chi connectivity index (χ1n) is 3.60. The number of aliphatic imine (C=N–C) groups is 1. The van der Waals surface area contributed by atoms with E-state index in [1.165, 1.54) is 0 Å². The molecule has 0 aliphatic carbocycles. The van der Waals surface area contributed by atoms with Crippen LogP contribution in [-0.4, -0.2) is 27.5 Å². The molecule has 1 heterocycles. The minimum atomic E-state index is -0.0155. The zero-order valence-electron chi connectivity index (χ0n) is 6.81. The van der Waals surface area contributed by atoms with Crippen molar-refractivity contribution in [2.45, 2.75) is 6.54 Å². The minimum Gasteiger partial charge on any atom is -0.368 e. The van der Waals surface area contributed by atoms with E-state index < -0.39 is 0 Å². The molecule has 6 nitrogen and oxygen atoms in total. The summed E-state index contributed by atoms with van der Waals surface area (Å²) in [6.45, 7) is 0.993. The highest BCUT2D eigenvalue weighted by Crippen LogP contribution is 2.03. The normalized spacial score (nSPS) is 11.7. The van der Waals surface area contributed by atoms with E-state index in [1.807, 2.05) is 0 Å². The van der Waals surface area contributed by atoms with Gasteiger partial charge in [-0.25, -0.2) is 10.5 Å². The molecule has 0 atom stereocenters. The Morgan fingerprint density at radius 1 is 1.85 bits per heavy atom. The fourth-order valence-electron chi connectivity index (χ4n) is 0.769. The van der Waals surface area contributed by atoms with E-state index in [2.05, 4.69) is 10.1 Å². The summed E-state index contributed by atoms with van der Waals surface area (Å²) < 4.78 is 1.64. The van der Waals surface area contributed by atoms with Crippen LogP contribution in [0.15, 0.2) is 17.4 Å². The average Bonchev–Trinajstić information content (AvgIpc) is 2.51. The van der Waals surface area contributed by atoms with Gasteiger partial charge in [0.15, 0.2) is 0 Å². The zero-order chi connectivity index (χ0) is 9.68. The van der Waals surface area contributed by atoms with Gasteiger partial charge in [0.25, 0.3) is 0 Å². The van der Waals surface area contributed by atoms with Crippen LogP contribution in [0.25, 0.3) is 0 Å². The topological polar surface area (TPSA) is 88.5 Å². The molecule has 4 N–H and O–H groups in total. The van der Waals surface area contributed by atoms with Crippen molar-refractivity contribution in [3.63, 3.8) is 0 Å². The molecule has 0 radical (unpaired) electrons. The van der Waals surface area contributed by atoms with Gasteiger partial charge >= 0.3 is 0 Å². The van der Waals surface area contributed by atoms with Crippen LogP contribution in [0.2, 0.25) is 5.02 Å². The molecule has 0 aliphatic rings. The molecule has 0 saturated heterocycles. The van der Waals surface area contributed by atoms with Crippen LogP contribution >= 0.6 is 11.6 Å². The number of halogens is 1. The summed E-state index contributed by atoms with van der Waals surface area (Å²) in [6.07, 6.45) is 3.22. The van der Waals surface area contributed by atoms with Crippen LogP contribution < -0.4 is 11.2 Å². The predicted molar refractivity (Wildman–Crippen MR) is 48.6 cm³/mol. The minimum absolute atomic E-state index is 0.0155. The van der Waals surface area contributed by atoms with Crippen molar-refractivity contribution in [2.24, 2.45) is 10.7 Å². The third kappa shape index (κ3) is 3.30. The number of rotatable bonds is 3. The molecule has 1 aromatic heterocycles. The molecule has 1 aromatic rings. The molecule has 0 fully saturated rings. The average molecular weight is 204 g/mol. The number of nitrogens with zero attached hydrogens (tertiary/aromatic N) is 3. The number of aromatic nitrogens is 2. The maximum Gasteiger partial charge on any atom is 0.212 e. The van der Waals surface area contributed by atoms with Gasteiger partial charge in [0, 0.05) is 6.20 Å². The second-order valence-electron chi connectivity index (χ2n) is 2.30. The molecule has 0 unspecified atom stereocenters. The highest BCUT2D eigenvalue weighted by atomic mass is 35.5.